The highest BCUT2D eigenvalue weighted by Gasteiger charge is 2.25. The second-order valence-corrected chi connectivity index (χ2v) is 8.11. The van der Waals surface area contributed by atoms with E-state index in [0.29, 0.717) is 5.92 Å². The fourth-order valence-corrected chi connectivity index (χ4v) is 4.31. The van der Waals surface area contributed by atoms with Crippen LogP contribution in [-0.2, 0) is 20.0 Å². The van der Waals surface area contributed by atoms with E-state index < -0.39 is 0 Å². The molecule has 5 rings (SSSR count). The van der Waals surface area contributed by atoms with E-state index in [0.717, 1.165) is 61.8 Å². The van der Waals surface area contributed by atoms with Crippen LogP contribution in [0.4, 0.5) is 0 Å². The molecule has 0 amide bonds. The van der Waals surface area contributed by atoms with Gasteiger partial charge >= 0.3 is 0 Å². The fourth-order valence-electron chi connectivity index (χ4n) is 4.31. The van der Waals surface area contributed by atoms with E-state index in [1.54, 1.807) is 6.20 Å². The van der Waals surface area contributed by atoms with Crippen LogP contribution < -0.4 is 0 Å². The molecule has 1 aromatic carbocycles. The number of hydrogen-bond donors (Lipinski definition) is 0. The highest BCUT2D eigenvalue weighted by Crippen LogP contribution is 2.28. The third kappa shape index (κ3) is 3.61. The van der Waals surface area contributed by atoms with Crippen LogP contribution in [0.2, 0.25) is 0 Å². The van der Waals surface area contributed by atoms with Crippen molar-refractivity contribution >= 4 is 5.65 Å². The van der Waals surface area contributed by atoms with Gasteiger partial charge in [-0.2, -0.15) is 14.7 Å². The van der Waals surface area contributed by atoms with Gasteiger partial charge in [-0.25, -0.2) is 0 Å². The van der Waals surface area contributed by atoms with Crippen molar-refractivity contribution in [3.05, 3.63) is 65.6 Å². The summed E-state index contributed by atoms with van der Waals surface area (Å²) in [6.45, 7) is 5.34. The molecule has 0 aliphatic carbocycles. The van der Waals surface area contributed by atoms with Crippen LogP contribution >= 0.6 is 0 Å². The van der Waals surface area contributed by atoms with Crippen molar-refractivity contribution < 1.29 is 0 Å². The van der Waals surface area contributed by atoms with Gasteiger partial charge in [0.05, 0.1) is 5.69 Å². The SMILES string of the molecule is CCc1ccc(CN2CCC(c3nnc4ccc(-c5ccnn5C)nn34)CC2)cc1. The van der Waals surface area contributed by atoms with E-state index in [9.17, 15) is 0 Å². The highest BCUT2D eigenvalue weighted by molar-refractivity contribution is 5.55. The molecule has 3 aromatic heterocycles. The van der Waals surface area contributed by atoms with E-state index in [1.807, 2.05) is 34.4 Å². The van der Waals surface area contributed by atoms with Gasteiger partial charge in [0.25, 0.3) is 0 Å². The molecule has 0 N–H and O–H groups in total. The Morgan fingerprint density at radius 1 is 0.933 bits per heavy atom. The van der Waals surface area contributed by atoms with Gasteiger partial charge in [-0.1, -0.05) is 31.2 Å². The van der Waals surface area contributed by atoms with Crippen LogP contribution in [0.1, 0.15) is 42.6 Å². The predicted octanol–water partition coefficient (Wildman–Crippen LogP) is 3.47. The van der Waals surface area contributed by atoms with Crippen LogP contribution in [0.3, 0.4) is 0 Å². The third-order valence-electron chi connectivity index (χ3n) is 6.16. The number of piperidine rings is 1. The lowest BCUT2D eigenvalue weighted by Crippen LogP contribution is -2.33. The molecular weight excluding hydrogens is 374 g/mol. The number of hydrogen-bond acceptors (Lipinski definition) is 5. The molecule has 0 atom stereocenters. The Morgan fingerprint density at radius 3 is 2.40 bits per heavy atom. The molecule has 0 spiro atoms. The first-order chi connectivity index (χ1) is 14.7. The lowest BCUT2D eigenvalue weighted by Gasteiger charge is -2.31. The van der Waals surface area contributed by atoms with Gasteiger partial charge in [0.15, 0.2) is 11.5 Å². The summed E-state index contributed by atoms with van der Waals surface area (Å²) in [4.78, 5) is 2.54. The molecule has 1 aliphatic rings. The van der Waals surface area contributed by atoms with Gasteiger partial charge in [0.2, 0.25) is 0 Å². The number of nitrogens with zero attached hydrogens (tertiary/aromatic N) is 7. The number of aromatic nitrogens is 6. The fraction of sp³-hybridized carbons (Fsp3) is 0.391. The zero-order valence-electron chi connectivity index (χ0n) is 17.6. The average molecular weight is 402 g/mol. The summed E-state index contributed by atoms with van der Waals surface area (Å²) in [5, 5.41) is 17.9. The molecule has 7 nitrogen and oxygen atoms in total. The van der Waals surface area contributed by atoms with E-state index in [-0.39, 0.29) is 0 Å². The minimum atomic E-state index is 0.382. The largest absolute Gasteiger partial charge is 0.299 e. The quantitative estimate of drug-likeness (QED) is 0.512. The van der Waals surface area contributed by atoms with Gasteiger partial charge in [-0.05, 0) is 61.7 Å². The normalized spacial score (nSPS) is 15.8. The van der Waals surface area contributed by atoms with Crippen molar-refractivity contribution in [2.45, 2.75) is 38.6 Å². The number of benzene rings is 1. The topological polar surface area (TPSA) is 64.1 Å². The smallest absolute Gasteiger partial charge is 0.177 e. The van der Waals surface area contributed by atoms with E-state index in [1.165, 1.54) is 11.1 Å². The van der Waals surface area contributed by atoms with Crippen molar-refractivity contribution in [3.8, 4) is 11.4 Å². The van der Waals surface area contributed by atoms with Crippen LogP contribution in [0.15, 0.2) is 48.7 Å². The zero-order valence-corrected chi connectivity index (χ0v) is 17.6. The first-order valence-corrected chi connectivity index (χ1v) is 10.7. The van der Waals surface area contributed by atoms with Gasteiger partial charge < -0.3 is 0 Å². The molecule has 1 saturated heterocycles. The molecule has 1 aliphatic heterocycles. The summed E-state index contributed by atoms with van der Waals surface area (Å²) in [5.41, 5.74) is 5.46. The third-order valence-corrected chi connectivity index (χ3v) is 6.16. The Bertz CT molecular complexity index is 1130. The lowest BCUT2D eigenvalue weighted by atomic mass is 9.95. The Hall–Kier alpha value is -3.06. The van der Waals surface area contributed by atoms with Crippen molar-refractivity contribution in [2.24, 2.45) is 7.05 Å². The van der Waals surface area contributed by atoms with Crippen LogP contribution in [0.25, 0.3) is 17.0 Å². The standard InChI is InChI=1S/C23H27N7/c1-3-17-4-6-18(7-5-17)16-29-14-11-19(12-15-29)23-26-25-22-9-8-20(27-30(22)23)21-10-13-24-28(21)2/h4-10,13,19H,3,11-12,14-16H2,1-2H3. The Kier molecular flexibility index (Phi) is 5.04. The Morgan fingerprint density at radius 2 is 1.70 bits per heavy atom. The second-order valence-electron chi connectivity index (χ2n) is 8.11. The summed E-state index contributed by atoms with van der Waals surface area (Å²) in [5.74, 6) is 1.36. The lowest BCUT2D eigenvalue weighted by molar-refractivity contribution is 0.201. The summed E-state index contributed by atoms with van der Waals surface area (Å²) >= 11 is 0. The predicted molar refractivity (Wildman–Crippen MR) is 116 cm³/mol. The minimum absolute atomic E-state index is 0.382. The monoisotopic (exact) mass is 401 g/mol. The molecule has 0 bridgehead atoms. The second kappa shape index (κ2) is 7.99. The van der Waals surface area contributed by atoms with Crippen LogP contribution in [0, 0.1) is 0 Å². The molecule has 0 radical (unpaired) electrons. The molecule has 4 aromatic rings. The zero-order chi connectivity index (χ0) is 20.5. The molecule has 154 valence electrons. The molecule has 0 saturated carbocycles. The average Bonchev–Trinajstić information content (AvgIpc) is 3.40. The highest BCUT2D eigenvalue weighted by atomic mass is 15.4. The number of rotatable bonds is 5. The molecule has 7 heteroatoms. The van der Waals surface area contributed by atoms with E-state index in [4.69, 9.17) is 5.10 Å². The Balaban J connectivity index is 1.30. The van der Waals surface area contributed by atoms with Gasteiger partial charge in [0.1, 0.15) is 5.69 Å². The summed E-state index contributed by atoms with van der Waals surface area (Å²) in [6, 6.07) is 15.0. The maximum absolute atomic E-state index is 4.83. The maximum atomic E-state index is 4.83. The van der Waals surface area contributed by atoms with Gasteiger partial charge in [0, 0.05) is 25.7 Å². The van der Waals surface area contributed by atoms with Crippen LogP contribution in [-0.4, -0.2) is 47.6 Å². The van der Waals surface area contributed by atoms with Gasteiger partial charge in [-0.3, -0.25) is 9.58 Å². The molecule has 0 unspecified atom stereocenters. The molecular formula is C23H27N7. The first kappa shape index (κ1) is 18.9. The van der Waals surface area contributed by atoms with Crippen LogP contribution in [0.5, 0.6) is 0 Å². The molecule has 30 heavy (non-hydrogen) atoms. The molecule has 1 fully saturated rings. The number of fused-ring (bicyclic) bond motifs is 1. The van der Waals surface area contributed by atoms with E-state index in [2.05, 4.69) is 51.4 Å². The van der Waals surface area contributed by atoms with Crippen molar-refractivity contribution in [1.29, 1.82) is 0 Å². The van der Waals surface area contributed by atoms with E-state index >= 15 is 0 Å². The number of aryl methyl sites for hydroxylation is 2. The Labute approximate surface area is 176 Å². The summed E-state index contributed by atoms with van der Waals surface area (Å²) in [7, 11) is 1.93. The summed E-state index contributed by atoms with van der Waals surface area (Å²) in [6.07, 6.45) is 5.03. The summed E-state index contributed by atoms with van der Waals surface area (Å²) < 4.78 is 3.76. The van der Waals surface area contributed by atoms with Crippen molar-refractivity contribution in [3.63, 3.8) is 0 Å². The first-order valence-electron chi connectivity index (χ1n) is 10.7. The van der Waals surface area contributed by atoms with Gasteiger partial charge in [-0.15, -0.1) is 10.2 Å². The maximum Gasteiger partial charge on any atom is 0.177 e. The minimum Gasteiger partial charge on any atom is -0.299 e. The molecule has 4 heterocycles. The number of likely N-dealkylation sites (tertiary alicyclic amines) is 1. The van der Waals surface area contributed by atoms with Crippen molar-refractivity contribution in [2.75, 3.05) is 13.1 Å². The van der Waals surface area contributed by atoms with Crippen molar-refractivity contribution in [1.82, 2.24) is 34.5 Å².